The van der Waals surface area contributed by atoms with Crippen molar-refractivity contribution in [3.8, 4) is 0 Å². The average Bonchev–Trinajstić information content (AvgIpc) is 2.30. The highest BCUT2D eigenvalue weighted by molar-refractivity contribution is 5.96. The van der Waals surface area contributed by atoms with Crippen molar-refractivity contribution in [2.75, 3.05) is 26.8 Å². The molecule has 17 heavy (non-hydrogen) atoms. The van der Waals surface area contributed by atoms with Crippen molar-refractivity contribution in [2.24, 2.45) is 0 Å². The Morgan fingerprint density at radius 1 is 1.00 bits per heavy atom. The van der Waals surface area contributed by atoms with Crippen LogP contribution in [0.5, 0.6) is 0 Å². The molecule has 0 aliphatic carbocycles. The number of hydrogen-bond donors (Lipinski definition) is 2. The lowest BCUT2D eigenvalue weighted by Crippen LogP contribution is -2.33. The molecule has 0 atom stereocenters. The van der Waals surface area contributed by atoms with E-state index in [1.54, 1.807) is 7.11 Å². The number of rotatable bonds is 10. The number of carbonyl (C=O) groups is 2. The molecule has 0 heterocycles. The lowest BCUT2D eigenvalue weighted by Gasteiger charge is -2.06. The summed E-state index contributed by atoms with van der Waals surface area (Å²) in [5.74, 6) is -0.431. The maximum absolute atomic E-state index is 11.3. The monoisotopic (exact) mass is 244 g/mol. The van der Waals surface area contributed by atoms with Crippen LogP contribution < -0.4 is 10.6 Å². The highest BCUT2D eigenvalue weighted by Crippen LogP contribution is 1.91. The van der Waals surface area contributed by atoms with Gasteiger partial charge in [-0.1, -0.05) is 19.8 Å². The third-order valence-corrected chi connectivity index (χ3v) is 2.27. The van der Waals surface area contributed by atoms with Crippen LogP contribution in [0.3, 0.4) is 0 Å². The first kappa shape index (κ1) is 15.9. The number of carbonyl (C=O) groups excluding carboxylic acids is 2. The molecule has 0 saturated carbocycles. The Bertz CT molecular complexity index is 198. The van der Waals surface area contributed by atoms with Crippen LogP contribution in [-0.4, -0.2) is 38.6 Å². The van der Waals surface area contributed by atoms with E-state index >= 15 is 0 Å². The summed E-state index contributed by atoms with van der Waals surface area (Å²) in [7, 11) is 1.62. The van der Waals surface area contributed by atoms with Crippen LogP contribution in [0.2, 0.25) is 0 Å². The Morgan fingerprint density at radius 2 is 1.59 bits per heavy atom. The van der Waals surface area contributed by atoms with Crippen LogP contribution in [0, 0.1) is 0 Å². The van der Waals surface area contributed by atoms with E-state index in [0.29, 0.717) is 19.7 Å². The van der Waals surface area contributed by atoms with E-state index in [1.807, 2.05) is 0 Å². The maximum atomic E-state index is 11.3. The molecule has 0 aromatic carbocycles. The SMILES string of the molecule is CCCCCNC(=O)CC(=O)NCCCOC. The van der Waals surface area contributed by atoms with Crippen molar-refractivity contribution in [1.29, 1.82) is 0 Å². The van der Waals surface area contributed by atoms with Crippen LogP contribution >= 0.6 is 0 Å². The zero-order chi connectivity index (χ0) is 12.9. The second-order valence-corrected chi connectivity index (χ2v) is 3.93. The number of nitrogens with one attached hydrogen (secondary N) is 2. The molecule has 0 aliphatic heterocycles. The number of methoxy groups -OCH3 is 1. The average molecular weight is 244 g/mol. The van der Waals surface area contributed by atoms with Gasteiger partial charge in [-0.05, 0) is 12.8 Å². The van der Waals surface area contributed by atoms with E-state index in [1.165, 1.54) is 0 Å². The van der Waals surface area contributed by atoms with Gasteiger partial charge in [0.05, 0.1) is 0 Å². The van der Waals surface area contributed by atoms with Crippen LogP contribution in [0.1, 0.15) is 39.0 Å². The van der Waals surface area contributed by atoms with Gasteiger partial charge in [0.2, 0.25) is 11.8 Å². The number of amides is 2. The van der Waals surface area contributed by atoms with E-state index in [-0.39, 0.29) is 18.2 Å². The fourth-order valence-electron chi connectivity index (χ4n) is 1.32. The standard InChI is InChI=1S/C12H24N2O3/c1-3-4-5-7-13-11(15)10-12(16)14-8-6-9-17-2/h3-10H2,1-2H3,(H,13,15)(H,14,16). The van der Waals surface area contributed by atoms with Crippen molar-refractivity contribution in [3.63, 3.8) is 0 Å². The summed E-state index contributed by atoms with van der Waals surface area (Å²) < 4.78 is 4.85. The van der Waals surface area contributed by atoms with Crippen LogP contribution in [-0.2, 0) is 14.3 Å². The Hall–Kier alpha value is -1.10. The van der Waals surface area contributed by atoms with Crippen LogP contribution in [0.15, 0.2) is 0 Å². The molecule has 2 N–H and O–H groups in total. The lowest BCUT2D eigenvalue weighted by atomic mass is 10.2. The smallest absolute Gasteiger partial charge is 0.229 e. The van der Waals surface area contributed by atoms with E-state index in [9.17, 15) is 9.59 Å². The Morgan fingerprint density at radius 3 is 2.12 bits per heavy atom. The second-order valence-electron chi connectivity index (χ2n) is 3.93. The van der Waals surface area contributed by atoms with E-state index in [4.69, 9.17) is 4.74 Å². The Balaban J connectivity index is 3.42. The van der Waals surface area contributed by atoms with Crippen molar-refractivity contribution in [3.05, 3.63) is 0 Å². The molecule has 2 amide bonds. The van der Waals surface area contributed by atoms with Gasteiger partial charge in [0.25, 0.3) is 0 Å². The van der Waals surface area contributed by atoms with Crippen molar-refractivity contribution >= 4 is 11.8 Å². The van der Waals surface area contributed by atoms with E-state index < -0.39 is 0 Å². The Kier molecular flexibility index (Phi) is 10.7. The van der Waals surface area contributed by atoms with Gasteiger partial charge < -0.3 is 15.4 Å². The third-order valence-electron chi connectivity index (χ3n) is 2.27. The normalized spacial score (nSPS) is 10.0. The molecule has 0 bridgehead atoms. The number of unbranched alkanes of at least 4 members (excludes halogenated alkanes) is 2. The molecule has 0 spiro atoms. The van der Waals surface area contributed by atoms with Crippen molar-refractivity contribution in [2.45, 2.75) is 39.0 Å². The molecule has 0 aromatic heterocycles. The van der Waals surface area contributed by atoms with Gasteiger partial charge in [0.1, 0.15) is 6.42 Å². The molecular weight excluding hydrogens is 220 g/mol. The predicted molar refractivity (Wildman–Crippen MR) is 66.7 cm³/mol. The summed E-state index contributed by atoms with van der Waals surface area (Å²) in [4.78, 5) is 22.6. The van der Waals surface area contributed by atoms with Crippen molar-refractivity contribution in [1.82, 2.24) is 10.6 Å². The second kappa shape index (κ2) is 11.4. The maximum Gasteiger partial charge on any atom is 0.229 e. The molecular formula is C12H24N2O3. The van der Waals surface area contributed by atoms with Crippen molar-refractivity contribution < 1.29 is 14.3 Å². The van der Waals surface area contributed by atoms with Gasteiger partial charge in [0.15, 0.2) is 0 Å². The van der Waals surface area contributed by atoms with Gasteiger partial charge >= 0.3 is 0 Å². The summed E-state index contributed by atoms with van der Waals surface area (Å²) in [6.07, 6.45) is 3.87. The first-order chi connectivity index (χ1) is 8.20. The zero-order valence-electron chi connectivity index (χ0n) is 10.9. The van der Waals surface area contributed by atoms with Crippen LogP contribution in [0.4, 0.5) is 0 Å². The molecule has 100 valence electrons. The first-order valence-electron chi connectivity index (χ1n) is 6.23. The van der Waals surface area contributed by atoms with Gasteiger partial charge in [-0.3, -0.25) is 9.59 Å². The molecule has 0 saturated heterocycles. The van der Waals surface area contributed by atoms with E-state index in [2.05, 4.69) is 17.6 Å². The topological polar surface area (TPSA) is 67.4 Å². The highest BCUT2D eigenvalue weighted by Gasteiger charge is 2.07. The minimum absolute atomic E-state index is 0.0842. The molecule has 5 nitrogen and oxygen atoms in total. The quantitative estimate of drug-likeness (QED) is 0.442. The molecule has 5 heteroatoms. The first-order valence-corrected chi connectivity index (χ1v) is 6.23. The summed E-state index contributed by atoms with van der Waals surface area (Å²) in [5, 5.41) is 5.40. The highest BCUT2D eigenvalue weighted by atomic mass is 16.5. The summed E-state index contributed by atoms with van der Waals surface area (Å²) in [6, 6.07) is 0. The zero-order valence-corrected chi connectivity index (χ0v) is 10.9. The fraction of sp³-hybridized carbons (Fsp3) is 0.833. The van der Waals surface area contributed by atoms with Crippen LogP contribution in [0.25, 0.3) is 0 Å². The predicted octanol–water partition coefficient (Wildman–Crippen LogP) is 0.836. The molecule has 0 fully saturated rings. The van der Waals surface area contributed by atoms with Gasteiger partial charge in [-0.25, -0.2) is 0 Å². The number of hydrogen-bond acceptors (Lipinski definition) is 3. The summed E-state index contributed by atoms with van der Waals surface area (Å²) in [6.45, 7) is 3.93. The molecule has 0 aliphatic rings. The minimum atomic E-state index is -0.228. The molecule has 0 aromatic rings. The third kappa shape index (κ3) is 11.2. The fourth-order valence-corrected chi connectivity index (χ4v) is 1.32. The van der Waals surface area contributed by atoms with Gasteiger partial charge in [0, 0.05) is 26.8 Å². The molecule has 0 rings (SSSR count). The summed E-state index contributed by atoms with van der Waals surface area (Å²) in [5.41, 5.74) is 0. The molecule has 0 radical (unpaired) electrons. The van der Waals surface area contributed by atoms with Gasteiger partial charge in [-0.2, -0.15) is 0 Å². The molecule has 0 unspecified atom stereocenters. The summed E-state index contributed by atoms with van der Waals surface area (Å²) >= 11 is 0. The lowest BCUT2D eigenvalue weighted by molar-refractivity contribution is -0.129. The number of ether oxygens (including phenoxy) is 1. The van der Waals surface area contributed by atoms with E-state index in [0.717, 1.165) is 25.7 Å². The van der Waals surface area contributed by atoms with Gasteiger partial charge in [-0.15, -0.1) is 0 Å². The minimum Gasteiger partial charge on any atom is -0.385 e. The largest absolute Gasteiger partial charge is 0.385 e. The Labute approximate surface area is 103 Å².